The van der Waals surface area contributed by atoms with Gasteiger partial charge in [0.15, 0.2) is 0 Å². The topological polar surface area (TPSA) is 38.7 Å². The predicted octanol–water partition coefficient (Wildman–Crippen LogP) is 1.69. The first-order valence-electron chi connectivity index (χ1n) is 4.18. The highest BCUT2D eigenvalue weighted by atomic mass is 35.5. The Morgan fingerprint density at radius 1 is 1.31 bits per heavy atom. The zero-order valence-electron chi connectivity index (χ0n) is 8.80. The van der Waals surface area contributed by atoms with Crippen LogP contribution in [0.2, 0.25) is 0 Å². The lowest BCUT2D eigenvalue weighted by molar-refractivity contribution is -0.0981. The molecule has 0 bridgehead atoms. The number of aliphatic hydroxyl groups is 1. The zero-order valence-corrected chi connectivity index (χ0v) is 9.55. The quantitative estimate of drug-likeness (QED) is 0.551. The summed E-state index contributed by atoms with van der Waals surface area (Å²) in [4.78, 5) is 0. The summed E-state index contributed by atoms with van der Waals surface area (Å²) in [6.07, 6.45) is 0. The minimum atomic E-state index is -0.942. The SMILES string of the molecule is CC(Cl)O[B]OC(C)(C)C(C)(C)O. The molecular weight excluding hydrogens is 190 g/mol. The highest BCUT2D eigenvalue weighted by molar-refractivity contribution is 6.24. The molecule has 0 aliphatic heterocycles. The lowest BCUT2D eigenvalue weighted by Crippen LogP contribution is -2.48. The molecule has 0 aromatic carbocycles. The van der Waals surface area contributed by atoms with E-state index in [4.69, 9.17) is 20.9 Å². The van der Waals surface area contributed by atoms with E-state index >= 15 is 0 Å². The molecule has 3 nitrogen and oxygen atoms in total. The van der Waals surface area contributed by atoms with E-state index < -0.39 is 16.8 Å². The third-order valence-electron chi connectivity index (χ3n) is 2.06. The van der Waals surface area contributed by atoms with Gasteiger partial charge in [0.05, 0.1) is 11.2 Å². The number of hydrogen-bond donors (Lipinski definition) is 1. The van der Waals surface area contributed by atoms with E-state index in [2.05, 4.69) is 0 Å². The van der Waals surface area contributed by atoms with E-state index in [9.17, 15) is 5.11 Å². The highest BCUT2D eigenvalue weighted by Gasteiger charge is 2.36. The van der Waals surface area contributed by atoms with E-state index in [1.165, 1.54) is 0 Å². The maximum atomic E-state index is 9.68. The molecule has 1 atom stereocenters. The fourth-order valence-corrected chi connectivity index (χ4v) is 0.411. The summed E-state index contributed by atoms with van der Waals surface area (Å²) >= 11 is 5.52. The monoisotopic (exact) mass is 207 g/mol. The Labute approximate surface area is 85.7 Å². The summed E-state index contributed by atoms with van der Waals surface area (Å²) in [7, 11) is 1.16. The van der Waals surface area contributed by atoms with Gasteiger partial charge in [0, 0.05) is 0 Å². The first-order chi connectivity index (χ1) is 5.67. The Morgan fingerprint density at radius 2 is 1.77 bits per heavy atom. The molecule has 0 spiro atoms. The lowest BCUT2D eigenvalue weighted by atomic mass is 9.89. The molecule has 0 aromatic rings. The van der Waals surface area contributed by atoms with Crippen molar-refractivity contribution < 1.29 is 14.4 Å². The molecule has 1 N–H and O–H groups in total. The summed E-state index contributed by atoms with van der Waals surface area (Å²) in [6, 6.07) is 0. The largest absolute Gasteiger partial charge is 0.489 e. The van der Waals surface area contributed by atoms with Gasteiger partial charge in [0.25, 0.3) is 0 Å². The van der Waals surface area contributed by atoms with E-state index in [0.717, 1.165) is 7.69 Å². The van der Waals surface area contributed by atoms with Crippen LogP contribution < -0.4 is 0 Å². The van der Waals surface area contributed by atoms with Crippen LogP contribution in [0.4, 0.5) is 0 Å². The van der Waals surface area contributed by atoms with Crippen molar-refractivity contribution in [3.8, 4) is 0 Å². The molecule has 0 aromatic heterocycles. The van der Waals surface area contributed by atoms with Crippen LogP contribution in [0.15, 0.2) is 0 Å². The van der Waals surface area contributed by atoms with Gasteiger partial charge in [-0.3, -0.25) is 0 Å². The van der Waals surface area contributed by atoms with Crippen LogP contribution in [0.3, 0.4) is 0 Å². The van der Waals surface area contributed by atoms with Crippen LogP contribution in [-0.2, 0) is 9.31 Å². The number of rotatable bonds is 5. The second kappa shape index (κ2) is 4.64. The van der Waals surface area contributed by atoms with E-state index in [0.29, 0.717) is 0 Å². The molecule has 1 radical (unpaired) electrons. The van der Waals surface area contributed by atoms with Crippen molar-refractivity contribution in [1.29, 1.82) is 0 Å². The average Bonchev–Trinajstić information content (AvgIpc) is 1.82. The second-order valence-corrected chi connectivity index (χ2v) is 4.58. The van der Waals surface area contributed by atoms with Crippen LogP contribution in [-0.4, -0.2) is 29.6 Å². The van der Waals surface area contributed by atoms with Gasteiger partial charge in [0.1, 0.15) is 5.56 Å². The van der Waals surface area contributed by atoms with Gasteiger partial charge >= 0.3 is 7.69 Å². The molecule has 0 aliphatic rings. The van der Waals surface area contributed by atoms with Gasteiger partial charge in [0.2, 0.25) is 0 Å². The summed E-state index contributed by atoms with van der Waals surface area (Å²) in [6.45, 7) is 8.56. The molecule has 5 heteroatoms. The third-order valence-corrected chi connectivity index (χ3v) is 2.16. The first kappa shape index (κ1) is 13.2. The maximum absolute atomic E-state index is 9.68. The van der Waals surface area contributed by atoms with Gasteiger partial charge in [-0.1, -0.05) is 11.6 Å². The van der Waals surface area contributed by atoms with Crippen molar-refractivity contribution in [2.24, 2.45) is 0 Å². The molecule has 13 heavy (non-hydrogen) atoms. The molecule has 0 amide bonds. The smallest absolute Gasteiger partial charge is 0.405 e. The molecule has 0 saturated heterocycles. The average molecular weight is 207 g/mol. The lowest BCUT2D eigenvalue weighted by Gasteiger charge is -2.37. The highest BCUT2D eigenvalue weighted by Crippen LogP contribution is 2.24. The van der Waals surface area contributed by atoms with Crippen molar-refractivity contribution >= 4 is 19.3 Å². The molecule has 0 rings (SSSR count). The summed E-state index contributed by atoms with van der Waals surface area (Å²) < 4.78 is 10.1. The fraction of sp³-hybridized carbons (Fsp3) is 1.00. The van der Waals surface area contributed by atoms with Gasteiger partial charge in [-0.05, 0) is 34.6 Å². The van der Waals surface area contributed by atoms with Gasteiger partial charge in [-0.15, -0.1) is 0 Å². The Bertz CT molecular complexity index is 154. The predicted molar refractivity (Wildman–Crippen MR) is 53.6 cm³/mol. The normalized spacial score (nSPS) is 15.6. The molecule has 0 saturated carbocycles. The molecule has 0 fully saturated rings. The first-order valence-corrected chi connectivity index (χ1v) is 4.62. The maximum Gasteiger partial charge on any atom is 0.489 e. The van der Waals surface area contributed by atoms with E-state index in [1.54, 1.807) is 34.6 Å². The zero-order chi connectivity index (χ0) is 10.7. The van der Waals surface area contributed by atoms with Gasteiger partial charge < -0.3 is 14.4 Å². The Balaban J connectivity index is 3.90. The minimum absolute atomic E-state index is 0.433. The van der Waals surface area contributed by atoms with E-state index in [1.807, 2.05) is 0 Å². The molecular formula is C8H17BClO3. The Hall–Kier alpha value is 0.235. The van der Waals surface area contributed by atoms with Crippen molar-refractivity contribution in [2.75, 3.05) is 0 Å². The third kappa shape index (κ3) is 4.86. The summed E-state index contributed by atoms with van der Waals surface area (Å²) in [5.41, 5.74) is -2.08. The van der Waals surface area contributed by atoms with Crippen molar-refractivity contribution in [1.82, 2.24) is 0 Å². The van der Waals surface area contributed by atoms with Crippen LogP contribution in [0.25, 0.3) is 0 Å². The molecule has 77 valence electrons. The minimum Gasteiger partial charge on any atom is -0.405 e. The second-order valence-electron chi connectivity index (χ2n) is 3.96. The number of hydrogen-bond acceptors (Lipinski definition) is 3. The van der Waals surface area contributed by atoms with Crippen LogP contribution in [0.1, 0.15) is 34.6 Å². The fourth-order valence-electron chi connectivity index (χ4n) is 0.369. The summed E-state index contributed by atoms with van der Waals surface area (Å²) in [5.74, 6) is 0. The molecule has 1 unspecified atom stereocenters. The number of alkyl halides is 1. The van der Waals surface area contributed by atoms with Crippen molar-refractivity contribution in [3.63, 3.8) is 0 Å². The Kier molecular flexibility index (Phi) is 4.73. The number of halogens is 1. The van der Waals surface area contributed by atoms with E-state index in [-0.39, 0.29) is 0 Å². The van der Waals surface area contributed by atoms with Crippen LogP contribution in [0, 0.1) is 0 Å². The van der Waals surface area contributed by atoms with Crippen molar-refractivity contribution in [2.45, 2.75) is 51.4 Å². The summed E-state index contributed by atoms with van der Waals surface area (Å²) in [5, 5.41) is 9.68. The van der Waals surface area contributed by atoms with Gasteiger partial charge in [-0.2, -0.15) is 0 Å². The molecule has 0 heterocycles. The van der Waals surface area contributed by atoms with Crippen molar-refractivity contribution in [3.05, 3.63) is 0 Å². The standard InChI is InChI=1S/C8H17BClO3/c1-6(10)12-9-13-8(4,5)7(2,3)11/h6,11H,1-5H3. The molecule has 0 aliphatic carbocycles. The van der Waals surface area contributed by atoms with Crippen LogP contribution >= 0.6 is 11.6 Å². The van der Waals surface area contributed by atoms with Crippen LogP contribution in [0.5, 0.6) is 0 Å². The Morgan fingerprint density at radius 3 is 2.08 bits per heavy atom. The van der Waals surface area contributed by atoms with Gasteiger partial charge in [-0.25, -0.2) is 0 Å².